The average molecular weight is 388 g/mol. The number of benzene rings is 2. The first-order chi connectivity index (χ1) is 8.97. The van der Waals surface area contributed by atoms with E-state index in [2.05, 4.69) is 31.9 Å². The molecule has 0 fully saturated rings. The van der Waals surface area contributed by atoms with E-state index in [4.69, 9.17) is 0 Å². The molecule has 2 aromatic rings. The number of halogens is 3. The summed E-state index contributed by atoms with van der Waals surface area (Å²) in [5, 5.41) is 10.3. The van der Waals surface area contributed by atoms with Crippen molar-refractivity contribution in [3.63, 3.8) is 0 Å². The van der Waals surface area contributed by atoms with Gasteiger partial charge in [0.25, 0.3) is 0 Å². The van der Waals surface area contributed by atoms with Crippen LogP contribution in [0.5, 0.6) is 0 Å². The third kappa shape index (κ3) is 3.65. The zero-order valence-electron chi connectivity index (χ0n) is 10.3. The Bertz CT molecular complexity index is 578. The minimum Gasteiger partial charge on any atom is -0.388 e. The van der Waals surface area contributed by atoms with Gasteiger partial charge >= 0.3 is 0 Å². The van der Waals surface area contributed by atoms with Crippen LogP contribution >= 0.6 is 31.9 Å². The van der Waals surface area contributed by atoms with Crippen LogP contribution in [0.3, 0.4) is 0 Å². The second kappa shape index (κ2) is 6.16. The Morgan fingerprint density at radius 2 is 1.95 bits per heavy atom. The van der Waals surface area contributed by atoms with Gasteiger partial charge in [0.1, 0.15) is 5.82 Å². The summed E-state index contributed by atoms with van der Waals surface area (Å²) < 4.78 is 14.9. The van der Waals surface area contributed by atoms with E-state index in [-0.39, 0.29) is 5.82 Å². The van der Waals surface area contributed by atoms with Crippen molar-refractivity contribution >= 4 is 31.9 Å². The second-order valence-corrected chi connectivity index (χ2v) is 6.22. The normalized spacial score (nSPS) is 12.5. The first kappa shape index (κ1) is 14.7. The predicted molar refractivity (Wildman–Crippen MR) is 81.6 cm³/mol. The van der Waals surface area contributed by atoms with E-state index < -0.39 is 6.10 Å². The highest BCUT2D eigenvalue weighted by atomic mass is 79.9. The molecule has 0 aliphatic rings. The van der Waals surface area contributed by atoms with Crippen LogP contribution < -0.4 is 0 Å². The molecule has 0 aliphatic heterocycles. The second-order valence-electron chi connectivity index (χ2n) is 4.45. The Kier molecular flexibility index (Phi) is 4.76. The lowest BCUT2D eigenvalue weighted by Crippen LogP contribution is -2.04. The van der Waals surface area contributed by atoms with E-state index in [9.17, 15) is 9.50 Å². The Morgan fingerprint density at radius 3 is 2.63 bits per heavy atom. The van der Waals surface area contributed by atoms with Crippen LogP contribution in [0.25, 0.3) is 0 Å². The summed E-state index contributed by atoms with van der Waals surface area (Å²) in [6.07, 6.45) is -0.264. The van der Waals surface area contributed by atoms with Gasteiger partial charge in [-0.05, 0) is 47.9 Å². The van der Waals surface area contributed by atoms with E-state index >= 15 is 0 Å². The molecule has 100 valence electrons. The summed E-state index contributed by atoms with van der Waals surface area (Å²) in [5.74, 6) is -0.303. The van der Waals surface area contributed by atoms with Crippen molar-refractivity contribution in [1.82, 2.24) is 0 Å². The zero-order chi connectivity index (χ0) is 14.0. The van der Waals surface area contributed by atoms with Gasteiger partial charge in [0.15, 0.2) is 0 Å². The molecule has 0 heterocycles. The molecule has 1 atom stereocenters. The van der Waals surface area contributed by atoms with Crippen LogP contribution in [0.1, 0.15) is 22.8 Å². The molecule has 1 nitrogen and oxygen atoms in total. The molecule has 1 unspecified atom stereocenters. The molecule has 4 heteroatoms. The van der Waals surface area contributed by atoms with Gasteiger partial charge in [-0.1, -0.05) is 44.0 Å². The first-order valence-electron chi connectivity index (χ1n) is 5.85. The van der Waals surface area contributed by atoms with Gasteiger partial charge in [0.2, 0.25) is 0 Å². The fourth-order valence-electron chi connectivity index (χ4n) is 2.05. The summed E-state index contributed by atoms with van der Waals surface area (Å²) in [7, 11) is 0. The van der Waals surface area contributed by atoms with Crippen LogP contribution in [-0.2, 0) is 6.42 Å². The van der Waals surface area contributed by atoms with Gasteiger partial charge in [-0.2, -0.15) is 0 Å². The highest BCUT2D eigenvalue weighted by molar-refractivity contribution is 9.10. The minimum absolute atomic E-state index is 0.303. The van der Waals surface area contributed by atoms with Crippen LogP contribution in [0.15, 0.2) is 45.3 Å². The van der Waals surface area contributed by atoms with Gasteiger partial charge in [-0.15, -0.1) is 0 Å². The lowest BCUT2D eigenvalue weighted by Gasteiger charge is -2.15. The Labute approximate surface area is 128 Å². The fraction of sp³-hybridized carbons (Fsp3) is 0.200. The molecule has 1 N–H and O–H groups in total. The molecule has 0 amide bonds. The van der Waals surface area contributed by atoms with E-state index in [1.165, 1.54) is 12.1 Å². The number of aliphatic hydroxyl groups excluding tert-OH is 1. The largest absolute Gasteiger partial charge is 0.388 e. The molecule has 0 saturated carbocycles. The first-order valence-corrected chi connectivity index (χ1v) is 7.44. The van der Waals surface area contributed by atoms with Gasteiger partial charge in [-0.3, -0.25) is 0 Å². The van der Waals surface area contributed by atoms with Crippen molar-refractivity contribution in [2.24, 2.45) is 0 Å². The molecule has 0 aliphatic carbocycles. The molecule has 19 heavy (non-hydrogen) atoms. The third-order valence-electron chi connectivity index (χ3n) is 3.02. The fourth-order valence-corrected chi connectivity index (χ4v) is 2.94. The standard InChI is InChI=1S/C15H13Br2FO/c1-9-13(3-2-4-14(9)17)15(19)7-10-5-11(16)8-12(18)6-10/h2-6,8,15,19H,7H2,1H3. The molecular formula is C15H13Br2FO. The summed E-state index contributed by atoms with van der Waals surface area (Å²) in [4.78, 5) is 0. The number of hydrogen-bond donors (Lipinski definition) is 1. The summed E-state index contributed by atoms with van der Waals surface area (Å²) in [5.41, 5.74) is 2.62. The third-order valence-corrected chi connectivity index (χ3v) is 4.34. The van der Waals surface area contributed by atoms with Crippen molar-refractivity contribution in [1.29, 1.82) is 0 Å². The number of hydrogen-bond acceptors (Lipinski definition) is 1. The van der Waals surface area contributed by atoms with Gasteiger partial charge in [0, 0.05) is 15.4 Å². The quantitative estimate of drug-likeness (QED) is 0.791. The maximum Gasteiger partial charge on any atom is 0.124 e. The smallest absolute Gasteiger partial charge is 0.124 e. The Balaban J connectivity index is 2.25. The van der Waals surface area contributed by atoms with E-state index in [1.54, 1.807) is 0 Å². The van der Waals surface area contributed by atoms with Crippen molar-refractivity contribution in [2.45, 2.75) is 19.4 Å². The lowest BCUT2D eigenvalue weighted by atomic mass is 9.98. The van der Waals surface area contributed by atoms with Crippen LogP contribution in [-0.4, -0.2) is 5.11 Å². The van der Waals surface area contributed by atoms with Crippen molar-refractivity contribution in [3.05, 3.63) is 67.9 Å². The van der Waals surface area contributed by atoms with Gasteiger partial charge in [0.05, 0.1) is 6.10 Å². The number of rotatable bonds is 3. The lowest BCUT2D eigenvalue weighted by molar-refractivity contribution is 0.177. The minimum atomic E-state index is -0.647. The molecule has 0 bridgehead atoms. The van der Waals surface area contributed by atoms with Crippen molar-refractivity contribution < 1.29 is 9.50 Å². The van der Waals surface area contributed by atoms with E-state index in [0.717, 1.165) is 21.2 Å². The Hall–Kier alpha value is -0.710. The summed E-state index contributed by atoms with van der Waals surface area (Å²) in [6.45, 7) is 1.95. The van der Waals surface area contributed by atoms with E-state index in [1.807, 2.05) is 31.2 Å². The van der Waals surface area contributed by atoms with Crippen molar-refractivity contribution in [2.75, 3.05) is 0 Å². The maximum absolute atomic E-state index is 13.3. The van der Waals surface area contributed by atoms with Crippen LogP contribution in [0.4, 0.5) is 4.39 Å². The van der Waals surface area contributed by atoms with Crippen LogP contribution in [0.2, 0.25) is 0 Å². The molecule has 0 spiro atoms. The van der Waals surface area contributed by atoms with E-state index in [0.29, 0.717) is 10.9 Å². The number of aliphatic hydroxyl groups is 1. The molecular weight excluding hydrogens is 375 g/mol. The molecule has 2 rings (SSSR count). The monoisotopic (exact) mass is 386 g/mol. The molecule has 0 radical (unpaired) electrons. The predicted octanol–water partition coefficient (Wildman–Crippen LogP) is 4.94. The highest BCUT2D eigenvalue weighted by Crippen LogP contribution is 2.27. The van der Waals surface area contributed by atoms with Gasteiger partial charge in [-0.25, -0.2) is 4.39 Å². The average Bonchev–Trinajstić information content (AvgIpc) is 2.31. The SMILES string of the molecule is Cc1c(Br)cccc1C(O)Cc1cc(F)cc(Br)c1. The molecule has 2 aromatic carbocycles. The summed E-state index contributed by atoms with van der Waals surface area (Å²) >= 11 is 6.70. The maximum atomic E-state index is 13.3. The zero-order valence-corrected chi connectivity index (χ0v) is 13.5. The topological polar surface area (TPSA) is 20.2 Å². The Morgan fingerprint density at radius 1 is 1.21 bits per heavy atom. The molecule has 0 saturated heterocycles. The summed E-state index contributed by atoms with van der Waals surface area (Å²) in [6, 6.07) is 10.4. The van der Waals surface area contributed by atoms with Crippen molar-refractivity contribution in [3.8, 4) is 0 Å². The molecule has 0 aromatic heterocycles. The highest BCUT2D eigenvalue weighted by Gasteiger charge is 2.13. The van der Waals surface area contributed by atoms with Crippen LogP contribution in [0, 0.1) is 12.7 Å². The van der Waals surface area contributed by atoms with Gasteiger partial charge < -0.3 is 5.11 Å².